The Kier molecular flexibility index (Phi) is 6.48. The summed E-state index contributed by atoms with van der Waals surface area (Å²) in [4.78, 5) is 32.9. The SMILES string of the molecule is Cc1cc(C)nc(Nc2nccnc2[C@@H]2CCCN(C(=O)/C=C/c3c(C)nn(C)c3C)C2)n1. The lowest BCUT2D eigenvalue weighted by Gasteiger charge is -2.32. The molecule has 0 spiro atoms. The standard InChI is InChI=1S/C24H30N8O/c1-15-13-16(2)28-24(27-15)29-23-22(25-10-11-26-23)19-7-6-12-32(14-19)21(33)9-8-20-17(3)30-31(5)18(20)4/h8-11,13,19H,6-7,12,14H2,1-5H3,(H,26,27,28,29)/b9-8+/t19-/m1/s1. The number of likely N-dealkylation sites (tertiary alicyclic amines) is 1. The Balaban J connectivity index is 1.50. The Morgan fingerprint density at radius 2 is 1.85 bits per heavy atom. The van der Waals surface area contributed by atoms with Gasteiger partial charge in [-0.05, 0) is 52.7 Å². The number of rotatable bonds is 5. The summed E-state index contributed by atoms with van der Waals surface area (Å²) in [7, 11) is 1.91. The second-order valence-electron chi connectivity index (χ2n) is 8.55. The van der Waals surface area contributed by atoms with E-state index in [-0.39, 0.29) is 11.8 Å². The lowest BCUT2D eigenvalue weighted by molar-refractivity contribution is -0.127. The molecule has 172 valence electrons. The van der Waals surface area contributed by atoms with Gasteiger partial charge in [0.1, 0.15) is 0 Å². The molecule has 9 nitrogen and oxygen atoms in total. The molecule has 0 radical (unpaired) electrons. The normalized spacial score (nSPS) is 16.4. The van der Waals surface area contributed by atoms with E-state index in [0.717, 1.165) is 53.4 Å². The molecule has 0 saturated carbocycles. The first-order chi connectivity index (χ1) is 15.8. The van der Waals surface area contributed by atoms with Crippen molar-refractivity contribution in [1.29, 1.82) is 0 Å². The van der Waals surface area contributed by atoms with E-state index in [0.29, 0.717) is 18.3 Å². The van der Waals surface area contributed by atoms with Gasteiger partial charge >= 0.3 is 0 Å². The van der Waals surface area contributed by atoms with Crippen LogP contribution in [0, 0.1) is 27.7 Å². The van der Waals surface area contributed by atoms with Crippen molar-refractivity contribution in [2.24, 2.45) is 7.05 Å². The summed E-state index contributed by atoms with van der Waals surface area (Å²) in [6, 6.07) is 1.93. The van der Waals surface area contributed by atoms with Crippen LogP contribution in [0.25, 0.3) is 6.08 Å². The number of anilines is 2. The molecular formula is C24H30N8O. The van der Waals surface area contributed by atoms with Gasteiger partial charge in [-0.15, -0.1) is 0 Å². The van der Waals surface area contributed by atoms with Crippen molar-refractivity contribution >= 4 is 23.7 Å². The monoisotopic (exact) mass is 446 g/mol. The molecule has 3 aromatic heterocycles. The van der Waals surface area contributed by atoms with E-state index < -0.39 is 0 Å². The molecule has 4 heterocycles. The predicted octanol–water partition coefficient (Wildman–Crippen LogP) is 3.40. The first-order valence-corrected chi connectivity index (χ1v) is 11.2. The second kappa shape index (κ2) is 9.48. The largest absolute Gasteiger partial charge is 0.338 e. The summed E-state index contributed by atoms with van der Waals surface area (Å²) in [5.74, 6) is 1.22. The van der Waals surface area contributed by atoms with Crippen molar-refractivity contribution in [1.82, 2.24) is 34.6 Å². The maximum atomic E-state index is 13.0. The quantitative estimate of drug-likeness (QED) is 0.599. The Hall–Kier alpha value is -3.62. The lowest BCUT2D eigenvalue weighted by atomic mass is 9.94. The van der Waals surface area contributed by atoms with Crippen LogP contribution in [0.3, 0.4) is 0 Å². The van der Waals surface area contributed by atoms with Gasteiger partial charge in [-0.3, -0.25) is 14.5 Å². The molecule has 0 unspecified atom stereocenters. The molecule has 0 bridgehead atoms. The molecule has 1 fully saturated rings. The summed E-state index contributed by atoms with van der Waals surface area (Å²) in [5, 5.41) is 7.65. The molecule has 1 aliphatic heterocycles. The average Bonchev–Trinajstić information content (AvgIpc) is 3.02. The van der Waals surface area contributed by atoms with Gasteiger partial charge in [0, 0.05) is 67.2 Å². The molecule has 4 rings (SSSR count). The predicted molar refractivity (Wildman–Crippen MR) is 127 cm³/mol. The van der Waals surface area contributed by atoms with E-state index >= 15 is 0 Å². The van der Waals surface area contributed by atoms with E-state index in [1.54, 1.807) is 18.5 Å². The van der Waals surface area contributed by atoms with E-state index in [4.69, 9.17) is 0 Å². The number of amides is 1. The highest BCUT2D eigenvalue weighted by molar-refractivity contribution is 5.92. The highest BCUT2D eigenvalue weighted by Crippen LogP contribution is 2.30. The summed E-state index contributed by atoms with van der Waals surface area (Å²) in [6.45, 7) is 9.15. The van der Waals surface area contributed by atoms with E-state index in [1.165, 1.54) is 0 Å². The third-order valence-electron chi connectivity index (χ3n) is 6.02. The Morgan fingerprint density at radius 3 is 2.55 bits per heavy atom. The van der Waals surface area contributed by atoms with Gasteiger partial charge < -0.3 is 10.2 Å². The van der Waals surface area contributed by atoms with Crippen LogP contribution in [0.5, 0.6) is 0 Å². The minimum atomic E-state index is -0.00149. The third kappa shape index (κ3) is 5.08. The first kappa shape index (κ1) is 22.6. The van der Waals surface area contributed by atoms with Gasteiger partial charge in [0.05, 0.1) is 11.4 Å². The molecule has 1 saturated heterocycles. The van der Waals surface area contributed by atoms with Gasteiger partial charge in [-0.1, -0.05) is 0 Å². The summed E-state index contributed by atoms with van der Waals surface area (Å²) in [6.07, 6.45) is 8.72. The highest BCUT2D eigenvalue weighted by Gasteiger charge is 2.27. The Bertz CT molecular complexity index is 1180. The van der Waals surface area contributed by atoms with Crippen molar-refractivity contribution in [2.75, 3.05) is 18.4 Å². The van der Waals surface area contributed by atoms with Crippen LogP contribution >= 0.6 is 0 Å². The van der Waals surface area contributed by atoms with Crippen molar-refractivity contribution in [3.05, 3.63) is 58.6 Å². The molecule has 0 aliphatic carbocycles. The molecule has 33 heavy (non-hydrogen) atoms. The van der Waals surface area contributed by atoms with Crippen LogP contribution in [-0.2, 0) is 11.8 Å². The van der Waals surface area contributed by atoms with Gasteiger partial charge in [0.2, 0.25) is 11.9 Å². The zero-order valence-corrected chi connectivity index (χ0v) is 19.8. The van der Waals surface area contributed by atoms with Crippen molar-refractivity contribution in [3.8, 4) is 0 Å². The van der Waals surface area contributed by atoms with Crippen molar-refractivity contribution in [3.63, 3.8) is 0 Å². The van der Waals surface area contributed by atoms with Gasteiger partial charge in [-0.25, -0.2) is 15.0 Å². The molecule has 0 aromatic carbocycles. The Morgan fingerprint density at radius 1 is 1.12 bits per heavy atom. The maximum absolute atomic E-state index is 13.0. The zero-order chi connectivity index (χ0) is 23.5. The fourth-order valence-corrected chi connectivity index (χ4v) is 4.32. The number of aryl methyl sites for hydroxylation is 4. The zero-order valence-electron chi connectivity index (χ0n) is 19.8. The number of piperidine rings is 1. The van der Waals surface area contributed by atoms with Crippen molar-refractivity contribution < 1.29 is 4.79 Å². The number of nitrogens with zero attached hydrogens (tertiary/aromatic N) is 7. The number of hydrogen-bond acceptors (Lipinski definition) is 7. The number of aromatic nitrogens is 6. The molecular weight excluding hydrogens is 416 g/mol. The smallest absolute Gasteiger partial charge is 0.246 e. The summed E-state index contributed by atoms with van der Waals surface area (Å²) in [5.41, 5.74) is 5.55. The van der Waals surface area contributed by atoms with E-state index in [1.807, 2.05) is 56.5 Å². The van der Waals surface area contributed by atoms with Crippen LogP contribution in [0.15, 0.2) is 24.5 Å². The average molecular weight is 447 g/mol. The minimum absolute atomic E-state index is 0.00149. The number of hydrogen-bond donors (Lipinski definition) is 1. The summed E-state index contributed by atoms with van der Waals surface area (Å²) >= 11 is 0. The van der Waals surface area contributed by atoms with E-state index in [2.05, 4.69) is 30.4 Å². The van der Waals surface area contributed by atoms with Crippen LogP contribution < -0.4 is 5.32 Å². The van der Waals surface area contributed by atoms with Crippen molar-refractivity contribution in [2.45, 2.75) is 46.5 Å². The maximum Gasteiger partial charge on any atom is 0.246 e. The lowest BCUT2D eigenvalue weighted by Crippen LogP contribution is -2.38. The highest BCUT2D eigenvalue weighted by atomic mass is 16.2. The first-order valence-electron chi connectivity index (χ1n) is 11.2. The third-order valence-corrected chi connectivity index (χ3v) is 6.02. The fraction of sp³-hybridized carbons (Fsp3) is 0.417. The van der Waals surface area contributed by atoms with Gasteiger partial charge in [0.15, 0.2) is 5.82 Å². The van der Waals surface area contributed by atoms with Crippen LogP contribution in [-0.4, -0.2) is 53.6 Å². The van der Waals surface area contributed by atoms with E-state index in [9.17, 15) is 4.79 Å². The second-order valence-corrected chi connectivity index (χ2v) is 8.55. The van der Waals surface area contributed by atoms with Crippen LogP contribution in [0.1, 0.15) is 52.8 Å². The molecule has 3 aromatic rings. The van der Waals surface area contributed by atoms with Crippen LogP contribution in [0.2, 0.25) is 0 Å². The van der Waals surface area contributed by atoms with Gasteiger partial charge in [-0.2, -0.15) is 5.10 Å². The van der Waals surface area contributed by atoms with Gasteiger partial charge in [0.25, 0.3) is 0 Å². The number of carbonyl (C=O) groups excluding carboxylic acids is 1. The Labute approximate surface area is 194 Å². The molecule has 9 heteroatoms. The molecule has 1 aliphatic rings. The minimum Gasteiger partial charge on any atom is -0.338 e. The van der Waals surface area contributed by atoms with Crippen LogP contribution in [0.4, 0.5) is 11.8 Å². The summed E-state index contributed by atoms with van der Waals surface area (Å²) < 4.78 is 1.83. The molecule has 1 N–H and O–H groups in total. The fourth-order valence-electron chi connectivity index (χ4n) is 4.32. The topological polar surface area (TPSA) is 102 Å². The molecule has 1 atom stereocenters. The molecule has 1 amide bonds. The number of carbonyl (C=O) groups is 1. The number of nitrogens with one attached hydrogen (secondary N) is 1.